The summed E-state index contributed by atoms with van der Waals surface area (Å²) in [5.74, 6) is 0. The first-order valence-electron chi connectivity index (χ1n) is 21.6. The second-order valence-electron chi connectivity index (χ2n) is 16.2. The molecular weight excluding hydrogens is 763 g/mol. The van der Waals surface area contributed by atoms with E-state index in [1.54, 1.807) is 0 Å². The van der Waals surface area contributed by atoms with Gasteiger partial charge in [0.15, 0.2) is 0 Å². The van der Waals surface area contributed by atoms with Crippen molar-refractivity contribution in [3.63, 3.8) is 0 Å². The molecule has 12 rings (SSSR count). The van der Waals surface area contributed by atoms with Crippen molar-refractivity contribution >= 4 is 60.7 Å². The zero-order valence-electron chi connectivity index (χ0n) is 34.5. The Kier molecular flexibility index (Phi) is 8.83. The van der Waals surface area contributed by atoms with Crippen molar-refractivity contribution in [2.45, 2.75) is 0 Å². The lowest BCUT2D eigenvalue weighted by Gasteiger charge is -2.26. The van der Waals surface area contributed by atoms with Crippen LogP contribution in [0.1, 0.15) is 0 Å². The van der Waals surface area contributed by atoms with Gasteiger partial charge >= 0.3 is 0 Å². The van der Waals surface area contributed by atoms with Gasteiger partial charge in [0, 0.05) is 50.0 Å². The van der Waals surface area contributed by atoms with Crippen molar-refractivity contribution in [3.8, 4) is 44.8 Å². The van der Waals surface area contributed by atoms with Gasteiger partial charge in [0.1, 0.15) is 0 Å². The third kappa shape index (κ3) is 6.29. The summed E-state index contributed by atoms with van der Waals surface area (Å²) in [4.78, 5) is 2.37. The van der Waals surface area contributed by atoms with Crippen molar-refractivity contribution in [1.29, 1.82) is 0 Å². The van der Waals surface area contributed by atoms with Gasteiger partial charge in [-0.1, -0.05) is 158 Å². The van der Waals surface area contributed by atoms with E-state index in [-0.39, 0.29) is 0 Å². The molecule has 0 amide bonds. The van der Waals surface area contributed by atoms with E-state index >= 15 is 0 Å². The predicted molar refractivity (Wildman–Crippen MR) is 266 cm³/mol. The number of fused-ring (bicyclic) bond motifs is 6. The number of hydrogen-bond donors (Lipinski definition) is 0. The number of hydrogen-bond acceptors (Lipinski definition) is 1. The maximum absolute atomic E-state index is 2.39. The lowest BCUT2D eigenvalue weighted by Crippen LogP contribution is -2.10. The summed E-state index contributed by atoms with van der Waals surface area (Å²) in [5.41, 5.74) is 17.5. The van der Waals surface area contributed by atoms with Crippen LogP contribution in [0.25, 0.3) is 88.4 Å². The third-order valence-corrected chi connectivity index (χ3v) is 12.5. The molecule has 0 saturated carbocycles. The molecule has 3 heteroatoms. The molecule has 2 aromatic heterocycles. The van der Waals surface area contributed by atoms with Crippen LogP contribution in [0, 0.1) is 0 Å². The van der Waals surface area contributed by atoms with Gasteiger partial charge in [0.2, 0.25) is 0 Å². The van der Waals surface area contributed by atoms with Gasteiger partial charge in [-0.05, 0) is 124 Å². The summed E-state index contributed by atoms with van der Waals surface area (Å²) in [7, 11) is 0. The lowest BCUT2D eigenvalue weighted by atomic mass is 9.95. The van der Waals surface area contributed by atoms with Crippen LogP contribution in [0.5, 0.6) is 0 Å². The molecule has 3 nitrogen and oxygen atoms in total. The summed E-state index contributed by atoms with van der Waals surface area (Å²) in [6.07, 6.45) is 0. The van der Waals surface area contributed by atoms with Crippen molar-refractivity contribution in [1.82, 2.24) is 9.13 Å². The van der Waals surface area contributed by atoms with E-state index in [9.17, 15) is 0 Å². The molecule has 296 valence electrons. The fraction of sp³-hybridized carbons (Fsp3) is 0. The molecule has 0 unspecified atom stereocenters. The van der Waals surface area contributed by atoms with Gasteiger partial charge in [-0.25, -0.2) is 0 Å². The smallest absolute Gasteiger partial charge is 0.0547 e. The van der Waals surface area contributed by atoms with Gasteiger partial charge in [-0.2, -0.15) is 0 Å². The Bertz CT molecular complexity index is 3620. The van der Waals surface area contributed by atoms with Crippen LogP contribution in [0.3, 0.4) is 0 Å². The van der Waals surface area contributed by atoms with E-state index in [2.05, 4.69) is 263 Å². The van der Waals surface area contributed by atoms with Gasteiger partial charge in [-0.15, -0.1) is 0 Å². The van der Waals surface area contributed by atoms with E-state index in [0.29, 0.717) is 0 Å². The zero-order valence-corrected chi connectivity index (χ0v) is 34.5. The molecule has 0 atom stereocenters. The normalized spacial score (nSPS) is 11.5. The number of rotatable bonds is 8. The molecule has 0 aliphatic carbocycles. The number of para-hydroxylation sites is 5. The fourth-order valence-corrected chi connectivity index (χ4v) is 9.66. The summed E-state index contributed by atoms with van der Waals surface area (Å²) in [6.45, 7) is 0. The summed E-state index contributed by atoms with van der Waals surface area (Å²) in [5, 5.41) is 5.01. The topological polar surface area (TPSA) is 13.1 Å². The van der Waals surface area contributed by atoms with Gasteiger partial charge in [0.05, 0.1) is 22.1 Å². The first kappa shape index (κ1) is 36.5. The Morgan fingerprint density at radius 1 is 0.254 bits per heavy atom. The molecule has 0 saturated heterocycles. The standard InChI is InChI=1S/C60H41N3/c1-4-22-47(23-5-1)61(51-29-16-20-44(40-51)45-36-37-54-53-30-10-12-33-56(53)63(59(54)41-45)49-26-8-3-9-27-49)50-28-15-19-43(39-50)42-18-14-21-46(38-42)52-32-17-35-58-60(52)55-31-11-13-34-57(55)62(58)48-24-6-2-7-25-48/h1-41H. The lowest BCUT2D eigenvalue weighted by molar-refractivity contribution is 1.18. The molecule has 0 N–H and O–H groups in total. The Morgan fingerprint density at radius 3 is 1.37 bits per heavy atom. The Morgan fingerprint density at radius 2 is 0.698 bits per heavy atom. The first-order chi connectivity index (χ1) is 31.3. The van der Waals surface area contributed by atoms with Crippen molar-refractivity contribution in [3.05, 3.63) is 249 Å². The monoisotopic (exact) mass is 803 g/mol. The number of benzene rings is 10. The number of anilines is 3. The van der Waals surface area contributed by atoms with Crippen LogP contribution in [-0.2, 0) is 0 Å². The maximum atomic E-state index is 2.39. The highest BCUT2D eigenvalue weighted by molar-refractivity contribution is 6.16. The second-order valence-corrected chi connectivity index (χ2v) is 16.2. The van der Waals surface area contributed by atoms with Crippen LogP contribution < -0.4 is 4.90 Å². The fourth-order valence-electron chi connectivity index (χ4n) is 9.66. The third-order valence-electron chi connectivity index (χ3n) is 12.5. The summed E-state index contributed by atoms with van der Waals surface area (Å²) >= 11 is 0. The van der Waals surface area contributed by atoms with E-state index < -0.39 is 0 Å². The Hall–Kier alpha value is -8.40. The number of aromatic nitrogens is 2. The molecule has 0 radical (unpaired) electrons. The minimum atomic E-state index is 1.09. The largest absolute Gasteiger partial charge is 0.310 e. The Labute approximate surface area is 366 Å². The molecule has 10 aromatic carbocycles. The minimum absolute atomic E-state index is 1.09. The van der Waals surface area contributed by atoms with Crippen molar-refractivity contribution in [2.75, 3.05) is 4.90 Å². The molecule has 0 fully saturated rings. The molecular formula is C60H41N3. The average molecular weight is 804 g/mol. The van der Waals surface area contributed by atoms with Crippen LogP contribution in [0.2, 0.25) is 0 Å². The van der Waals surface area contributed by atoms with E-state index in [0.717, 1.165) is 39.6 Å². The molecule has 0 aliphatic heterocycles. The van der Waals surface area contributed by atoms with Crippen LogP contribution >= 0.6 is 0 Å². The van der Waals surface area contributed by atoms with Crippen molar-refractivity contribution < 1.29 is 0 Å². The van der Waals surface area contributed by atoms with E-state index in [1.165, 1.54) is 65.9 Å². The van der Waals surface area contributed by atoms with E-state index in [1.807, 2.05) is 0 Å². The summed E-state index contributed by atoms with van der Waals surface area (Å²) < 4.78 is 4.77. The van der Waals surface area contributed by atoms with Crippen molar-refractivity contribution in [2.24, 2.45) is 0 Å². The molecule has 2 heterocycles. The highest BCUT2D eigenvalue weighted by Gasteiger charge is 2.19. The van der Waals surface area contributed by atoms with Crippen LogP contribution in [-0.4, -0.2) is 9.13 Å². The molecule has 63 heavy (non-hydrogen) atoms. The molecule has 0 aliphatic rings. The first-order valence-corrected chi connectivity index (χ1v) is 21.6. The van der Waals surface area contributed by atoms with Crippen LogP contribution in [0.4, 0.5) is 17.1 Å². The molecule has 12 aromatic rings. The predicted octanol–water partition coefficient (Wildman–Crippen LogP) is 16.4. The zero-order chi connectivity index (χ0) is 41.7. The number of nitrogens with zero attached hydrogens (tertiary/aromatic N) is 3. The van der Waals surface area contributed by atoms with E-state index in [4.69, 9.17) is 0 Å². The van der Waals surface area contributed by atoms with Gasteiger partial charge < -0.3 is 14.0 Å². The quantitative estimate of drug-likeness (QED) is 0.149. The SMILES string of the molecule is c1ccc(N(c2cccc(-c3cccc(-c4cccc5c4c4ccccc4n5-c4ccccc4)c3)c2)c2cccc(-c3ccc4c5ccccc5n(-c5ccccc5)c4c3)c2)cc1. The Balaban J connectivity index is 0.953. The maximum Gasteiger partial charge on any atom is 0.0547 e. The van der Waals surface area contributed by atoms with Gasteiger partial charge in [-0.3, -0.25) is 0 Å². The average Bonchev–Trinajstić information content (AvgIpc) is 3.88. The minimum Gasteiger partial charge on any atom is -0.310 e. The molecule has 0 spiro atoms. The van der Waals surface area contributed by atoms with Crippen LogP contribution in [0.15, 0.2) is 249 Å². The molecule has 0 bridgehead atoms. The second kappa shape index (κ2) is 15.3. The highest BCUT2D eigenvalue weighted by atomic mass is 15.1. The van der Waals surface area contributed by atoms with Gasteiger partial charge in [0.25, 0.3) is 0 Å². The summed E-state index contributed by atoms with van der Waals surface area (Å²) in [6, 6.07) is 90.0. The highest BCUT2D eigenvalue weighted by Crippen LogP contribution is 2.42.